The quantitative estimate of drug-likeness (QED) is 0.153. The SMILES string of the molecule is Cc1ccccc1-c1cc2c3c(c1)-n1c4ccc(-c5ccccc5C)cc4c4cc(-c5ccccc5C)cc(c41)B3n1c3ccc(-c4ccccc4C)cc3c3cc(-c4ccccc4C)cc-2c31. The van der Waals surface area contributed by atoms with Gasteiger partial charge in [0.15, 0.2) is 0 Å². The standard InChI is InChI=1S/C65H47BN2/c1-38-16-6-11-21-48(38)43-26-28-60-53(30-43)57-35-46(51-24-14-9-19-41(51)4)36-59-65(57)67(60)62-37-47(52-25-15-10-20-42(52)5)32-55-58-34-45(50-23-13-8-18-40(50)3)33-56-54-31-44(49-22-12-7-17-39(49)2)27-29-61(54)68(64(56)58)66(59)63(55)62/h6-37H,1-5H3. The highest BCUT2D eigenvalue weighted by Gasteiger charge is 2.42. The van der Waals surface area contributed by atoms with Gasteiger partial charge in [0.05, 0.1) is 11.0 Å². The van der Waals surface area contributed by atoms with E-state index in [0.29, 0.717) is 0 Å². The molecule has 0 saturated carbocycles. The predicted molar refractivity (Wildman–Crippen MR) is 291 cm³/mol. The van der Waals surface area contributed by atoms with Gasteiger partial charge < -0.3 is 9.05 Å². The van der Waals surface area contributed by atoms with Crippen LogP contribution in [0.4, 0.5) is 0 Å². The fourth-order valence-corrected chi connectivity index (χ4v) is 12.3. The molecule has 0 amide bonds. The zero-order valence-electron chi connectivity index (χ0n) is 38.9. The van der Waals surface area contributed by atoms with Crippen LogP contribution in [-0.2, 0) is 0 Å². The monoisotopic (exact) mass is 866 g/mol. The molecule has 0 N–H and O–H groups in total. The van der Waals surface area contributed by atoms with Gasteiger partial charge in [-0.3, -0.25) is 0 Å². The molecule has 68 heavy (non-hydrogen) atoms. The minimum Gasteiger partial charge on any atom is -0.375 e. The molecule has 4 heterocycles. The number of aryl methyl sites for hydroxylation is 5. The molecule has 10 aromatic carbocycles. The fourth-order valence-electron chi connectivity index (χ4n) is 12.3. The number of fused-ring (bicyclic) bond motifs is 10. The zero-order chi connectivity index (χ0) is 45.5. The summed E-state index contributed by atoms with van der Waals surface area (Å²) in [5.41, 5.74) is 30.6. The van der Waals surface area contributed by atoms with Crippen molar-refractivity contribution in [3.63, 3.8) is 0 Å². The summed E-state index contributed by atoms with van der Waals surface area (Å²) in [7, 11) is 0. The highest BCUT2D eigenvalue weighted by atomic mass is 15.0. The van der Waals surface area contributed by atoms with E-state index in [2.05, 4.69) is 238 Å². The number of aromatic nitrogens is 2. The maximum absolute atomic E-state index is 2.73. The second-order valence-electron chi connectivity index (χ2n) is 19.5. The van der Waals surface area contributed by atoms with Crippen molar-refractivity contribution >= 4 is 61.4 Å². The van der Waals surface area contributed by atoms with Gasteiger partial charge in [0.2, 0.25) is 0 Å². The number of benzene rings is 10. The van der Waals surface area contributed by atoms with Crippen LogP contribution in [0.1, 0.15) is 27.8 Å². The molecule has 14 rings (SSSR count). The highest BCUT2D eigenvalue weighted by Crippen LogP contribution is 2.48. The van der Waals surface area contributed by atoms with E-state index >= 15 is 0 Å². The van der Waals surface area contributed by atoms with E-state index in [9.17, 15) is 0 Å². The summed E-state index contributed by atoms with van der Waals surface area (Å²) in [4.78, 5) is 0. The summed E-state index contributed by atoms with van der Waals surface area (Å²) in [6.07, 6.45) is 0. The molecule has 0 unspecified atom stereocenters. The third kappa shape index (κ3) is 5.48. The molecule has 0 radical (unpaired) electrons. The minimum absolute atomic E-state index is 0.0915. The smallest absolute Gasteiger partial charge is 0.333 e. The lowest BCUT2D eigenvalue weighted by Crippen LogP contribution is -2.55. The first-order chi connectivity index (χ1) is 33.3. The number of hydrogen-bond donors (Lipinski definition) is 0. The van der Waals surface area contributed by atoms with E-state index in [1.807, 2.05) is 0 Å². The lowest BCUT2D eigenvalue weighted by atomic mass is 9.45. The minimum atomic E-state index is -0.0915. The molecule has 0 bridgehead atoms. The molecule has 12 aromatic rings. The van der Waals surface area contributed by atoms with Gasteiger partial charge in [-0.1, -0.05) is 140 Å². The lowest BCUT2D eigenvalue weighted by molar-refractivity contribution is 1.17. The average Bonchev–Trinajstić information content (AvgIpc) is 3.87. The van der Waals surface area contributed by atoms with Crippen molar-refractivity contribution in [2.75, 3.05) is 0 Å². The van der Waals surface area contributed by atoms with Crippen molar-refractivity contribution in [2.24, 2.45) is 0 Å². The summed E-state index contributed by atoms with van der Waals surface area (Å²) in [6.45, 7) is 11.1. The molecule has 0 aliphatic carbocycles. The lowest BCUT2D eigenvalue weighted by Gasteiger charge is -2.35. The Bertz CT molecular complexity index is 4160. The topological polar surface area (TPSA) is 9.86 Å². The molecule has 2 aromatic heterocycles. The van der Waals surface area contributed by atoms with Crippen LogP contribution in [0.25, 0.3) is 116 Å². The van der Waals surface area contributed by atoms with Gasteiger partial charge in [-0.05, 0) is 189 Å². The van der Waals surface area contributed by atoms with Gasteiger partial charge in [-0.15, -0.1) is 0 Å². The van der Waals surface area contributed by atoms with E-state index in [0.717, 1.165) is 0 Å². The van der Waals surface area contributed by atoms with Crippen molar-refractivity contribution in [3.05, 3.63) is 222 Å². The van der Waals surface area contributed by atoms with Crippen LogP contribution in [0.5, 0.6) is 0 Å². The van der Waals surface area contributed by atoms with Gasteiger partial charge in [0.25, 0.3) is 0 Å². The molecule has 0 atom stereocenters. The molecule has 320 valence electrons. The first-order valence-electron chi connectivity index (χ1n) is 24.0. The van der Waals surface area contributed by atoms with Crippen LogP contribution < -0.4 is 10.9 Å². The first-order valence-corrected chi connectivity index (χ1v) is 24.0. The fraction of sp³-hybridized carbons (Fsp3) is 0.0769. The van der Waals surface area contributed by atoms with E-state index in [1.54, 1.807) is 0 Å². The highest BCUT2D eigenvalue weighted by molar-refractivity contribution is 6.90. The van der Waals surface area contributed by atoms with E-state index in [4.69, 9.17) is 0 Å². The molecule has 2 aliphatic heterocycles. The molecule has 0 spiro atoms. The van der Waals surface area contributed by atoms with Gasteiger partial charge in [-0.25, -0.2) is 0 Å². The average molecular weight is 867 g/mol. The summed E-state index contributed by atoms with van der Waals surface area (Å²) in [5, 5.41) is 5.14. The molecular formula is C65H47BN2. The summed E-state index contributed by atoms with van der Waals surface area (Å²) < 4.78 is 5.37. The van der Waals surface area contributed by atoms with Crippen LogP contribution in [0.2, 0.25) is 0 Å². The van der Waals surface area contributed by atoms with E-state index in [1.165, 1.54) is 155 Å². The Labute approximate surface area is 397 Å². The number of nitrogens with zero attached hydrogens (tertiary/aromatic N) is 2. The number of rotatable bonds is 5. The van der Waals surface area contributed by atoms with Crippen LogP contribution in [-0.4, -0.2) is 15.9 Å². The van der Waals surface area contributed by atoms with Gasteiger partial charge in [0.1, 0.15) is 0 Å². The Kier molecular flexibility index (Phi) is 8.29. The van der Waals surface area contributed by atoms with Gasteiger partial charge in [-0.2, -0.15) is 0 Å². The van der Waals surface area contributed by atoms with Crippen LogP contribution >= 0.6 is 0 Å². The van der Waals surface area contributed by atoms with E-state index < -0.39 is 0 Å². The summed E-state index contributed by atoms with van der Waals surface area (Å²) in [6, 6.07) is 73.8. The van der Waals surface area contributed by atoms with Crippen molar-refractivity contribution in [1.82, 2.24) is 9.05 Å². The van der Waals surface area contributed by atoms with Crippen molar-refractivity contribution in [2.45, 2.75) is 34.6 Å². The maximum atomic E-state index is 2.73. The second-order valence-corrected chi connectivity index (χ2v) is 19.5. The Morgan fingerprint density at radius 2 is 0.706 bits per heavy atom. The van der Waals surface area contributed by atoms with Crippen LogP contribution in [0.15, 0.2) is 194 Å². The number of hydrogen-bond acceptors (Lipinski definition) is 0. The molecular weight excluding hydrogens is 820 g/mol. The molecule has 0 fully saturated rings. The molecule has 2 nitrogen and oxygen atoms in total. The maximum Gasteiger partial charge on any atom is 0.333 e. The predicted octanol–water partition coefficient (Wildman–Crippen LogP) is 15.7. The van der Waals surface area contributed by atoms with Crippen LogP contribution in [0, 0.1) is 34.6 Å². The van der Waals surface area contributed by atoms with Crippen LogP contribution in [0.3, 0.4) is 0 Å². The molecule has 3 heteroatoms. The third-order valence-electron chi connectivity index (χ3n) is 15.6. The van der Waals surface area contributed by atoms with Gasteiger partial charge in [0, 0.05) is 43.8 Å². The second kappa shape index (κ2) is 14.4. The Morgan fingerprint density at radius 3 is 1.22 bits per heavy atom. The molecule has 2 aliphatic rings. The first kappa shape index (κ1) is 39.1. The van der Waals surface area contributed by atoms with Crippen molar-refractivity contribution in [1.29, 1.82) is 0 Å². The van der Waals surface area contributed by atoms with Gasteiger partial charge >= 0.3 is 6.85 Å². The normalized spacial score (nSPS) is 12.5. The summed E-state index contributed by atoms with van der Waals surface area (Å²) >= 11 is 0. The van der Waals surface area contributed by atoms with Crippen molar-refractivity contribution < 1.29 is 0 Å². The van der Waals surface area contributed by atoms with Crippen molar-refractivity contribution in [3.8, 4) is 72.4 Å². The zero-order valence-corrected chi connectivity index (χ0v) is 38.9. The van der Waals surface area contributed by atoms with E-state index in [-0.39, 0.29) is 6.85 Å². The Hall–Kier alpha value is -8.14. The largest absolute Gasteiger partial charge is 0.375 e. The third-order valence-corrected chi connectivity index (χ3v) is 15.6. The Morgan fingerprint density at radius 1 is 0.309 bits per heavy atom. The Balaban J connectivity index is 1.18. The molecule has 0 saturated heterocycles. The summed E-state index contributed by atoms with van der Waals surface area (Å²) in [5.74, 6) is 0.